The summed E-state index contributed by atoms with van der Waals surface area (Å²) in [7, 11) is 0. The molecule has 2 rings (SSSR count). The Morgan fingerprint density at radius 3 is 3.00 bits per heavy atom. The fourth-order valence-corrected chi connectivity index (χ4v) is 2.15. The molecule has 3 nitrogen and oxygen atoms in total. The molecule has 0 spiro atoms. The summed E-state index contributed by atoms with van der Waals surface area (Å²) < 4.78 is 0. The Kier molecular flexibility index (Phi) is 2.93. The first-order chi connectivity index (χ1) is 7.19. The Balaban J connectivity index is 2.04. The van der Waals surface area contributed by atoms with E-state index in [0.29, 0.717) is 12.0 Å². The highest BCUT2D eigenvalue weighted by molar-refractivity contribution is 5.35. The standard InChI is InChI=1S/C12H18N2O/c1-8(13)4-9-2-3-10-6-11(7-15)14-12(10)5-9/h2-3,5-6,8,10,12,14-15H,4,7,13H2,1H3. The van der Waals surface area contributed by atoms with Crippen molar-refractivity contribution in [2.45, 2.75) is 25.4 Å². The zero-order valence-electron chi connectivity index (χ0n) is 8.98. The molecule has 3 heteroatoms. The van der Waals surface area contributed by atoms with Gasteiger partial charge in [0.15, 0.2) is 0 Å². The lowest BCUT2D eigenvalue weighted by atomic mass is 9.91. The maximum Gasteiger partial charge on any atom is 0.0824 e. The van der Waals surface area contributed by atoms with Crippen LogP contribution in [0.3, 0.4) is 0 Å². The van der Waals surface area contributed by atoms with Crippen molar-refractivity contribution in [3.63, 3.8) is 0 Å². The van der Waals surface area contributed by atoms with Crippen molar-refractivity contribution in [2.75, 3.05) is 6.61 Å². The Labute approximate surface area is 90.4 Å². The first kappa shape index (κ1) is 10.5. The highest BCUT2D eigenvalue weighted by atomic mass is 16.3. The molecule has 82 valence electrons. The number of fused-ring (bicyclic) bond motifs is 1. The SMILES string of the molecule is CC(N)CC1=CC2NC(CO)=CC2C=C1. The lowest BCUT2D eigenvalue weighted by molar-refractivity contribution is 0.322. The van der Waals surface area contributed by atoms with Crippen LogP contribution in [0.15, 0.2) is 35.6 Å². The van der Waals surface area contributed by atoms with Crippen molar-refractivity contribution in [3.05, 3.63) is 35.6 Å². The molecule has 0 aromatic heterocycles. The number of nitrogens with one attached hydrogen (secondary N) is 1. The van der Waals surface area contributed by atoms with Crippen LogP contribution in [-0.2, 0) is 0 Å². The van der Waals surface area contributed by atoms with E-state index in [1.165, 1.54) is 5.57 Å². The quantitative estimate of drug-likeness (QED) is 0.636. The summed E-state index contributed by atoms with van der Waals surface area (Å²) in [5.74, 6) is 0.393. The van der Waals surface area contributed by atoms with Crippen LogP contribution in [0.1, 0.15) is 13.3 Å². The second-order valence-corrected chi connectivity index (χ2v) is 4.38. The Morgan fingerprint density at radius 1 is 1.53 bits per heavy atom. The first-order valence-electron chi connectivity index (χ1n) is 5.41. The lowest BCUT2D eigenvalue weighted by Gasteiger charge is -2.20. The molecule has 1 aliphatic carbocycles. The molecular formula is C12H18N2O. The number of aliphatic hydroxyl groups is 1. The molecule has 0 saturated carbocycles. The molecule has 0 saturated heterocycles. The number of nitrogens with two attached hydrogens (primary N) is 1. The minimum absolute atomic E-state index is 0.0945. The summed E-state index contributed by atoms with van der Waals surface area (Å²) >= 11 is 0. The predicted octanol–water partition coefficient (Wildman–Crippen LogP) is 0.684. The van der Waals surface area contributed by atoms with Crippen LogP contribution in [0.2, 0.25) is 0 Å². The third-order valence-corrected chi connectivity index (χ3v) is 2.81. The van der Waals surface area contributed by atoms with Crippen LogP contribution in [-0.4, -0.2) is 23.8 Å². The summed E-state index contributed by atoms with van der Waals surface area (Å²) in [5, 5.41) is 12.3. The maximum absolute atomic E-state index is 9.03. The monoisotopic (exact) mass is 206 g/mol. The van der Waals surface area contributed by atoms with Gasteiger partial charge in [-0.3, -0.25) is 0 Å². The number of allylic oxidation sites excluding steroid dienone is 1. The predicted molar refractivity (Wildman–Crippen MR) is 61.1 cm³/mol. The zero-order valence-corrected chi connectivity index (χ0v) is 8.98. The minimum Gasteiger partial charge on any atom is -0.390 e. The van der Waals surface area contributed by atoms with Gasteiger partial charge in [-0.05, 0) is 18.9 Å². The van der Waals surface area contributed by atoms with Crippen LogP contribution >= 0.6 is 0 Å². The summed E-state index contributed by atoms with van der Waals surface area (Å²) in [6, 6.07) is 0.509. The fraction of sp³-hybridized carbons (Fsp3) is 0.500. The average molecular weight is 206 g/mol. The van der Waals surface area contributed by atoms with Gasteiger partial charge in [0.1, 0.15) is 0 Å². The van der Waals surface area contributed by atoms with Gasteiger partial charge >= 0.3 is 0 Å². The lowest BCUT2D eigenvalue weighted by Crippen LogP contribution is -2.29. The molecule has 3 unspecified atom stereocenters. The smallest absolute Gasteiger partial charge is 0.0824 e. The molecule has 0 fully saturated rings. The Bertz CT molecular complexity index is 329. The summed E-state index contributed by atoms with van der Waals surface area (Å²) in [6.45, 7) is 2.11. The van der Waals surface area contributed by atoms with Gasteiger partial charge in [0.2, 0.25) is 0 Å². The highest BCUT2D eigenvalue weighted by Gasteiger charge is 2.25. The molecule has 0 bridgehead atoms. The van der Waals surface area contributed by atoms with Crippen LogP contribution < -0.4 is 11.1 Å². The van der Waals surface area contributed by atoms with E-state index in [1.54, 1.807) is 0 Å². The van der Waals surface area contributed by atoms with Gasteiger partial charge in [-0.1, -0.05) is 24.3 Å². The van der Waals surface area contributed by atoms with E-state index < -0.39 is 0 Å². The molecule has 15 heavy (non-hydrogen) atoms. The minimum atomic E-state index is 0.0945. The van der Waals surface area contributed by atoms with E-state index in [1.807, 2.05) is 6.92 Å². The van der Waals surface area contributed by atoms with Gasteiger partial charge in [0.25, 0.3) is 0 Å². The second kappa shape index (κ2) is 4.21. The molecule has 2 aliphatic rings. The summed E-state index contributed by atoms with van der Waals surface area (Å²) in [4.78, 5) is 0. The maximum atomic E-state index is 9.03. The highest BCUT2D eigenvalue weighted by Crippen LogP contribution is 2.26. The fourth-order valence-electron chi connectivity index (χ4n) is 2.15. The van der Waals surface area contributed by atoms with Crippen molar-refractivity contribution >= 4 is 0 Å². The van der Waals surface area contributed by atoms with E-state index in [-0.39, 0.29) is 12.6 Å². The van der Waals surface area contributed by atoms with E-state index >= 15 is 0 Å². The van der Waals surface area contributed by atoms with E-state index in [0.717, 1.165) is 12.1 Å². The van der Waals surface area contributed by atoms with Crippen LogP contribution in [0, 0.1) is 5.92 Å². The number of aliphatic hydroxyl groups excluding tert-OH is 1. The van der Waals surface area contributed by atoms with Gasteiger partial charge in [-0.25, -0.2) is 0 Å². The van der Waals surface area contributed by atoms with Crippen LogP contribution in [0.25, 0.3) is 0 Å². The van der Waals surface area contributed by atoms with Crippen LogP contribution in [0.5, 0.6) is 0 Å². The number of hydrogen-bond acceptors (Lipinski definition) is 3. The van der Waals surface area contributed by atoms with E-state index in [4.69, 9.17) is 10.8 Å². The van der Waals surface area contributed by atoms with Crippen molar-refractivity contribution in [3.8, 4) is 0 Å². The van der Waals surface area contributed by atoms with E-state index in [9.17, 15) is 0 Å². The van der Waals surface area contributed by atoms with Gasteiger partial charge in [-0.15, -0.1) is 0 Å². The third-order valence-electron chi connectivity index (χ3n) is 2.81. The zero-order chi connectivity index (χ0) is 10.8. The average Bonchev–Trinajstić information content (AvgIpc) is 2.58. The second-order valence-electron chi connectivity index (χ2n) is 4.38. The molecule has 4 N–H and O–H groups in total. The molecule has 1 heterocycles. The molecule has 0 amide bonds. The largest absolute Gasteiger partial charge is 0.390 e. The van der Waals surface area contributed by atoms with Crippen LogP contribution in [0.4, 0.5) is 0 Å². The summed E-state index contributed by atoms with van der Waals surface area (Å²) in [5.41, 5.74) is 7.97. The molecule has 1 aliphatic heterocycles. The molecule has 0 radical (unpaired) electrons. The van der Waals surface area contributed by atoms with Gasteiger partial charge < -0.3 is 16.2 Å². The molecule has 3 atom stereocenters. The van der Waals surface area contributed by atoms with Crippen molar-refractivity contribution < 1.29 is 5.11 Å². The van der Waals surface area contributed by atoms with Gasteiger partial charge in [0, 0.05) is 17.7 Å². The number of rotatable bonds is 3. The number of hydrogen-bond donors (Lipinski definition) is 3. The third kappa shape index (κ3) is 2.30. The van der Waals surface area contributed by atoms with Gasteiger partial charge in [0.05, 0.1) is 12.6 Å². The van der Waals surface area contributed by atoms with Gasteiger partial charge in [-0.2, -0.15) is 0 Å². The van der Waals surface area contributed by atoms with Crippen molar-refractivity contribution in [2.24, 2.45) is 11.7 Å². The van der Waals surface area contributed by atoms with Crippen molar-refractivity contribution in [1.29, 1.82) is 0 Å². The van der Waals surface area contributed by atoms with Crippen molar-refractivity contribution in [1.82, 2.24) is 5.32 Å². The molecular weight excluding hydrogens is 188 g/mol. The first-order valence-corrected chi connectivity index (χ1v) is 5.41. The normalized spacial score (nSPS) is 30.3. The Hall–Kier alpha value is -1.06. The van der Waals surface area contributed by atoms with E-state index in [2.05, 4.69) is 29.6 Å². The topological polar surface area (TPSA) is 58.3 Å². The molecule has 0 aromatic carbocycles. The summed E-state index contributed by atoms with van der Waals surface area (Å²) in [6.07, 6.45) is 9.53. The molecule has 0 aromatic rings. The Morgan fingerprint density at radius 2 is 2.33 bits per heavy atom.